The number of nitrogens with zero attached hydrogens (tertiary/aromatic N) is 1. The topological polar surface area (TPSA) is 49.4 Å². The van der Waals surface area contributed by atoms with E-state index in [2.05, 4.69) is 19.2 Å². The first-order valence-corrected chi connectivity index (χ1v) is 8.06. The molecule has 20 heavy (non-hydrogen) atoms. The number of carbonyl (C=O) groups is 2. The zero-order valence-electron chi connectivity index (χ0n) is 13.2. The Balaban J connectivity index is 2.19. The average molecular weight is 280 g/mol. The normalized spacial score (nSPS) is 32.2. The van der Waals surface area contributed by atoms with E-state index in [1.807, 2.05) is 18.7 Å². The summed E-state index contributed by atoms with van der Waals surface area (Å²) < 4.78 is 0. The van der Waals surface area contributed by atoms with Crippen LogP contribution in [0.5, 0.6) is 0 Å². The standard InChI is InChI=1S/C16H28N2O2/c1-5-7-11(3)10-18-14(19)13(12-8-9-12)17-15(20)16(18,4)6-2/h11-13H,5-10H2,1-4H3,(H,17,20). The summed E-state index contributed by atoms with van der Waals surface area (Å²) in [6.07, 6.45) is 5.01. The Bertz CT molecular complexity index is 392. The van der Waals surface area contributed by atoms with E-state index in [0.717, 1.165) is 25.7 Å². The van der Waals surface area contributed by atoms with Gasteiger partial charge in [0.25, 0.3) is 0 Å². The molecule has 2 fully saturated rings. The molecule has 2 amide bonds. The predicted octanol–water partition coefficient (Wildman–Crippen LogP) is 2.33. The van der Waals surface area contributed by atoms with Crippen molar-refractivity contribution in [2.45, 2.75) is 71.4 Å². The van der Waals surface area contributed by atoms with Crippen LogP contribution in [-0.4, -0.2) is 34.8 Å². The maximum Gasteiger partial charge on any atom is 0.246 e. The summed E-state index contributed by atoms with van der Waals surface area (Å²) in [6.45, 7) is 8.93. The molecule has 1 N–H and O–H groups in total. The van der Waals surface area contributed by atoms with E-state index in [1.54, 1.807) is 0 Å². The first-order chi connectivity index (χ1) is 9.43. The second-order valence-electron chi connectivity index (χ2n) is 6.76. The van der Waals surface area contributed by atoms with Gasteiger partial charge in [-0.25, -0.2) is 0 Å². The van der Waals surface area contributed by atoms with Gasteiger partial charge in [-0.2, -0.15) is 0 Å². The van der Waals surface area contributed by atoms with Crippen molar-refractivity contribution in [2.24, 2.45) is 11.8 Å². The Hall–Kier alpha value is -1.06. The molecule has 0 aromatic rings. The fourth-order valence-corrected chi connectivity index (χ4v) is 3.18. The van der Waals surface area contributed by atoms with Crippen LogP contribution in [0.1, 0.15) is 59.8 Å². The summed E-state index contributed by atoms with van der Waals surface area (Å²) in [5, 5.41) is 2.97. The second kappa shape index (κ2) is 5.74. The Labute approximate surface area is 122 Å². The van der Waals surface area contributed by atoms with Gasteiger partial charge in [-0.3, -0.25) is 9.59 Å². The highest BCUT2D eigenvalue weighted by atomic mass is 16.2. The Kier molecular flexibility index (Phi) is 4.40. The van der Waals surface area contributed by atoms with Crippen LogP contribution in [0.4, 0.5) is 0 Å². The van der Waals surface area contributed by atoms with E-state index in [-0.39, 0.29) is 17.9 Å². The van der Waals surface area contributed by atoms with E-state index in [4.69, 9.17) is 0 Å². The van der Waals surface area contributed by atoms with Crippen molar-refractivity contribution in [3.63, 3.8) is 0 Å². The third-order valence-corrected chi connectivity index (χ3v) is 4.96. The van der Waals surface area contributed by atoms with Crippen molar-refractivity contribution in [3.05, 3.63) is 0 Å². The molecule has 2 aliphatic rings. The van der Waals surface area contributed by atoms with Gasteiger partial charge in [-0.1, -0.05) is 27.2 Å². The molecule has 114 valence electrons. The van der Waals surface area contributed by atoms with Gasteiger partial charge in [0.15, 0.2) is 0 Å². The minimum absolute atomic E-state index is 0.0280. The molecule has 1 saturated carbocycles. The Morgan fingerprint density at radius 2 is 2.00 bits per heavy atom. The highest BCUT2D eigenvalue weighted by molar-refractivity contribution is 5.99. The van der Waals surface area contributed by atoms with Crippen LogP contribution in [-0.2, 0) is 9.59 Å². The molecule has 0 radical (unpaired) electrons. The lowest BCUT2D eigenvalue weighted by atomic mass is 9.88. The van der Waals surface area contributed by atoms with Crippen molar-refractivity contribution in [3.8, 4) is 0 Å². The third-order valence-electron chi connectivity index (χ3n) is 4.96. The van der Waals surface area contributed by atoms with Crippen LogP contribution in [0, 0.1) is 11.8 Å². The summed E-state index contributed by atoms with van der Waals surface area (Å²) in [6, 6.07) is -0.268. The molecule has 2 rings (SSSR count). The number of hydrogen-bond donors (Lipinski definition) is 1. The lowest BCUT2D eigenvalue weighted by Gasteiger charge is -2.47. The van der Waals surface area contributed by atoms with Crippen LogP contribution in [0.15, 0.2) is 0 Å². The van der Waals surface area contributed by atoms with Crippen LogP contribution < -0.4 is 5.32 Å². The molecule has 0 aromatic carbocycles. The molecule has 0 aromatic heterocycles. The summed E-state index contributed by atoms with van der Waals surface area (Å²) in [7, 11) is 0. The number of rotatable bonds is 6. The van der Waals surface area contributed by atoms with Crippen molar-refractivity contribution in [1.29, 1.82) is 0 Å². The number of amides is 2. The zero-order valence-corrected chi connectivity index (χ0v) is 13.2. The monoisotopic (exact) mass is 280 g/mol. The minimum Gasteiger partial charge on any atom is -0.342 e. The quantitative estimate of drug-likeness (QED) is 0.812. The van der Waals surface area contributed by atoms with Gasteiger partial charge in [0.1, 0.15) is 11.6 Å². The van der Waals surface area contributed by atoms with Gasteiger partial charge in [-0.05, 0) is 44.4 Å². The number of hydrogen-bond acceptors (Lipinski definition) is 2. The summed E-state index contributed by atoms with van der Waals surface area (Å²) in [5.74, 6) is 0.983. The molecule has 1 aliphatic heterocycles. The largest absolute Gasteiger partial charge is 0.342 e. The van der Waals surface area contributed by atoms with Crippen molar-refractivity contribution < 1.29 is 9.59 Å². The SMILES string of the molecule is CCCC(C)CN1C(=O)C(C2CC2)NC(=O)C1(C)CC. The maximum atomic E-state index is 12.8. The van der Waals surface area contributed by atoms with E-state index >= 15 is 0 Å². The van der Waals surface area contributed by atoms with Gasteiger partial charge in [-0.15, -0.1) is 0 Å². The first-order valence-electron chi connectivity index (χ1n) is 8.06. The van der Waals surface area contributed by atoms with Gasteiger partial charge < -0.3 is 10.2 Å². The number of carbonyl (C=O) groups excluding carboxylic acids is 2. The molecule has 1 heterocycles. The van der Waals surface area contributed by atoms with E-state index in [1.165, 1.54) is 0 Å². The van der Waals surface area contributed by atoms with E-state index in [0.29, 0.717) is 24.8 Å². The van der Waals surface area contributed by atoms with Crippen LogP contribution in [0.25, 0.3) is 0 Å². The van der Waals surface area contributed by atoms with Crippen LogP contribution in [0.2, 0.25) is 0 Å². The molecule has 1 aliphatic carbocycles. The number of piperazine rings is 1. The van der Waals surface area contributed by atoms with Crippen LogP contribution >= 0.6 is 0 Å². The van der Waals surface area contributed by atoms with Gasteiger partial charge in [0.2, 0.25) is 11.8 Å². The fourth-order valence-electron chi connectivity index (χ4n) is 3.18. The van der Waals surface area contributed by atoms with Crippen molar-refractivity contribution in [1.82, 2.24) is 10.2 Å². The van der Waals surface area contributed by atoms with E-state index in [9.17, 15) is 9.59 Å². The molecule has 0 bridgehead atoms. The second-order valence-corrected chi connectivity index (χ2v) is 6.76. The molecule has 4 heteroatoms. The highest BCUT2D eigenvalue weighted by Crippen LogP contribution is 2.37. The Morgan fingerprint density at radius 1 is 1.35 bits per heavy atom. The molecule has 3 unspecified atom stereocenters. The van der Waals surface area contributed by atoms with Crippen LogP contribution in [0.3, 0.4) is 0 Å². The first kappa shape index (κ1) is 15.3. The third kappa shape index (κ3) is 2.70. The highest BCUT2D eigenvalue weighted by Gasteiger charge is 2.52. The van der Waals surface area contributed by atoms with Gasteiger partial charge >= 0.3 is 0 Å². The van der Waals surface area contributed by atoms with E-state index < -0.39 is 5.54 Å². The molecule has 1 saturated heterocycles. The average Bonchev–Trinajstić information content (AvgIpc) is 3.23. The molecule has 3 atom stereocenters. The summed E-state index contributed by atoms with van der Waals surface area (Å²) >= 11 is 0. The lowest BCUT2D eigenvalue weighted by Crippen LogP contribution is -2.70. The zero-order chi connectivity index (χ0) is 14.9. The fraction of sp³-hybridized carbons (Fsp3) is 0.875. The summed E-state index contributed by atoms with van der Waals surface area (Å²) in [5.41, 5.74) is -0.676. The van der Waals surface area contributed by atoms with Gasteiger partial charge in [0.05, 0.1) is 0 Å². The molecular weight excluding hydrogens is 252 g/mol. The molecule has 0 spiro atoms. The molecule has 4 nitrogen and oxygen atoms in total. The predicted molar refractivity (Wildman–Crippen MR) is 79.1 cm³/mol. The minimum atomic E-state index is -0.676. The Morgan fingerprint density at radius 3 is 2.50 bits per heavy atom. The summed E-state index contributed by atoms with van der Waals surface area (Å²) in [4.78, 5) is 27.1. The smallest absolute Gasteiger partial charge is 0.246 e. The molecular formula is C16H28N2O2. The van der Waals surface area contributed by atoms with Crippen molar-refractivity contribution in [2.75, 3.05) is 6.54 Å². The number of nitrogens with one attached hydrogen (secondary N) is 1. The lowest BCUT2D eigenvalue weighted by molar-refractivity contribution is -0.158. The van der Waals surface area contributed by atoms with Crippen molar-refractivity contribution >= 4 is 11.8 Å². The van der Waals surface area contributed by atoms with Gasteiger partial charge in [0, 0.05) is 6.54 Å². The maximum absolute atomic E-state index is 12.8.